The highest BCUT2D eigenvalue weighted by molar-refractivity contribution is 9.18. The van der Waals surface area contributed by atoms with E-state index in [1.165, 1.54) is 6.33 Å². The molecule has 1 aliphatic rings. The van der Waals surface area contributed by atoms with Gasteiger partial charge in [0.25, 0.3) is 0 Å². The molecule has 55 valence electrons. The zero-order valence-corrected chi connectivity index (χ0v) is 6.91. The molecule has 0 spiro atoms. The lowest BCUT2D eigenvalue weighted by Gasteiger charge is -1.96. The lowest BCUT2D eigenvalue weighted by molar-refractivity contribution is 1.15. The Morgan fingerprint density at radius 2 is 2.18 bits per heavy atom. The highest BCUT2D eigenvalue weighted by atomic mass is 79.9. The second-order valence-corrected chi connectivity index (χ2v) is 2.63. The molecule has 0 fully saturated rings. The Kier molecular flexibility index (Phi) is 1.28. The summed E-state index contributed by atoms with van der Waals surface area (Å²) in [6.07, 6.45) is 1.36. The van der Waals surface area contributed by atoms with Crippen molar-refractivity contribution in [3.05, 3.63) is 6.33 Å². The topological polar surface area (TPSA) is 78.3 Å². The molecular weight excluding hydrogens is 210 g/mol. The summed E-state index contributed by atoms with van der Waals surface area (Å²) in [6.45, 7) is 0. The third kappa shape index (κ3) is 0.949. The van der Waals surface area contributed by atoms with Gasteiger partial charge in [-0.3, -0.25) is 0 Å². The first-order valence-corrected chi connectivity index (χ1v) is 3.63. The largest absolute Gasteiger partial charge is 0.382 e. The van der Waals surface area contributed by atoms with Crippen molar-refractivity contribution in [2.75, 3.05) is 5.73 Å². The van der Waals surface area contributed by atoms with Gasteiger partial charge in [0.15, 0.2) is 22.1 Å². The SMILES string of the molecule is Nc1ncnc2c1[N]C(Br)=N2. The third-order valence-corrected chi connectivity index (χ3v) is 1.59. The van der Waals surface area contributed by atoms with Crippen molar-refractivity contribution in [2.24, 2.45) is 4.99 Å². The summed E-state index contributed by atoms with van der Waals surface area (Å²) in [5.41, 5.74) is 6.04. The van der Waals surface area contributed by atoms with E-state index >= 15 is 0 Å². The molecule has 0 aromatic carbocycles. The third-order valence-electron chi connectivity index (χ3n) is 1.23. The Bertz CT molecular complexity index is 334. The molecule has 1 aromatic heterocycles. The molecule has 6 heteroatoms. The van der Waals surface area contributed by atoms with Crippen LogP contribution in [0.15, 0.2) is 11.3 Å². The number of nitrogen functional groups attached to an aromatic ring is 1. The molecule has 0 saturated carbocycles. The minimum absolute atomic E-state index is 0.355. The number of hydrogen-bond acceptors (Lipinski definition) is 4. The van der Waals surface area contributed by atoms with E-state index in [1.807, 2.05) is 0 Å². The summed E-state index contributed by atoms with van der Waals surface area (Å²) in [5, 5.41) is 3.97. The zero-order valence-electron chi connectivity index (χ0n) is 5.32. The van der Waals surface area contributed by atoms with E-state index in [0.717, 1.165) is 0 Å². The number of fused-ring (bicyclic) bond motifs is 1. The number of aromatic nitrogens is 2. The Balaban J connectivity index is 2.59. The molecule has 0 atom stereocenters. The van der Waals surface area contributed by atoms with E-state index in [1.54, 1.807) is 0 Å². The molecule has 0 amide bonds. The monoisotopic (exact) mass is 212 g/mol. The fourth-order valence-electron chi connectivity index (χ4n) is 0.776. The van der Waals surface area contributed by atoms with Crippen molar-refractivity contribution in [3.8, 4) is 0 Å². The molecule has 1 radical (unpaired) electrons. The van der Waals surface area contributed by atoms with Gasteiger partial charge in [-0.15, -0.1) is 0 Å². The number of amidine groups is 1. The van der Waals surface area contributed by atoms with Gasteiger partial charge in [0.1, 0.15) is 6.33 Å². The molecular formula is C5H3BrN5. The van der Waals surface area contributed by atoms with Crippen LogP contribution in [0.3, 0.4) is 0 Å². The van der Waals surface area contributed by atoms with E-state index < -0.39 is 0 Å². The van der Waals surface area contributed by atoms with Crippen molar-refractivity contribution in [2.45, 2.75) is 0 Å². The maximum atomic E-state index is 5.50. The van der Waals surface area contributed by atoms with Crippen LogP contribution < -0.4 is 11.1 Å². The van der Waals surface area contributed by atoms with Crippen molar-refractivity contribution >= 4 is 38.0 Å². The predicted octanol–water partition coefficient (Wildman–Crippen LogP) is 0.691. The van der Waals surface area contributed by atoms with Gasteiger partial charge in [0.05, 0.1) is 0 Å². The fourth-order valence-corrected chi connectivity index (χ4v) is 1.12. The number of nitrogens with zero attached hydrogens (tertiary/aromatic N) is 4. The molecule has 0 unspecified atom stereocenters. The first-order chi connectivity index (χ1) is 5.27. The molecule has 1 aliphatic heterocycles. The van der Waals surface area contributed by atoms with Gasteiger partial charge < -0.3 is 5.73 Å². The Labute approximate surface area is 70.9 Å². The van der Waals surface area contributed by atoms with Crippen LogP contribution in [0, 0.1) is 0 Å². The van der Waals surface area contributed by atoms with Crippen LogP contribution >= 0.6 is 15.9 Å². The van der Waals surface area contributed by atoms with Crippen LogP contribution in [0.1, 0.15) is 0 Å². The summed E-state index contributed by atoms with van der Waals surface area (Å²) in [6, 6.07) is 0. The first kappa shape index (κ1) is 6.53. The van der Waals surface area contributed by atoms with Crippen molar-refractivity contribution in [3.63, 3.8) is 0 Å². The summed E-state index contributed by atoms with van der Waals surface area (Å²) < 4.78 is 0.486. The van der Waals surface area contributed by atoms with Gasteiger partial charge >= 0.3 is 0 Å². The van der Waals surface area contributed by atoms with Crippen LogP contribution in [0.25, 0.3) is 0 Å². The quantitative estimate of drug-likeness (QED) is 0.644. The Morgan fingerprint density at radius 3 is 2.91 bits per heavy atom. The molecule has 5 nitrogen and oxygen atoms in total. The molecule has 2 heterocycles. The summed E-state index contributed by atoms with van der Waals surface area (Å²) in [7, 11) is 0. The second kappa shape index (κ2) is 2.16. The summed E-state index contributed by atoms with van der Waals surface area (Å²) in [4.78, 5) is 11.6. The van der Waals surface area contributed by atoms with Crippen LogP contribution in [0.5, 0.6) is 0 Å². The molecule has 2 rings (SSSR count). The van der Waals surface area contributed by atoms with Crippen molar-refractivity contribution < 1.29 is 0 Å². The van der Waals surface area contributed by atoms with E-state index in [4.69, 9.17) is 5.73 Å². The van der Waals surface area contributed by atoms with E-state index in [-0.39, 0.29) is 0 Å². The molecule has 0 bridgehead atoms. The smallest absolute Gasteiger partial charge is 0.199 e. The van der Waals surface area contributed by atoms with Crippen molar-refractivity contribution in [1.29, 1.82) is 0 Å². The minimum atomic E-state index is 0.355. The van der Waals surface area contributed by atoms with E-state index in [9.17, 15) is 0 Å². The van der Waals surface area contributed by atoms with Gasteiger partial charge in [-0.1, -0.05) is 0 Å². The number of aliphatic imine (C=N–C) groups is 1. The van der Waals surface area contributed by atoms with Crippen LogP contribution in [-0.2, 0) is 0 Å². The molecule has 2 N–H and O–H groups in total. The van der Waals surface area contributed by atoms with Crippen LogP contribution in [-0.4, -0.2) is 14.7 Å². The predicted molar refractivity (Wildman–Crippen MR) is 44.3 cm³/mol. The Hall–Kier alpha value is -1.17. The highest BCUT2D eigenvalue weighted by Gasteiger charge is 2.17. The highest BCUT2D eigenvalue weighted by Crippen LogP contribution is 2.32. The van der Waals surface area contributed by atoms with Crippen molar-refractivity contribution in [1.82, 2.24) is 15.3 Å². The second-order valence-electron chi connectivity index (χ2n) is 1.92. The Morgan fingerprint density at radius 1 is 1.36 bits per heavy atom. The van der Waals surface area contributed by atoms with E-state index in [0.29, 0.717) is 22.1 Å². The summed E-state index contributed by atoms with van der Waals surface area (Å²) >= 11 is 3.11. The maximum Gasteiger partial charge on any atom is 0.199 e. The normalized spacial score (nSPS) is 13.7. The number of anilines is 1. The lowest BCUT2D eigenvalue weighted by atomic mass is 10.4. The number of hydrogen-bond donors (Lipinski definition) is 1. The molecule has 1 aromatic rings. The van der Waals surface area contributed by atoms with Gasteiger partial charge in [0, 0.05) is 0 Å². The van der Waals surface area contributed by atoms with Crippen LogP contribution in [0.2, 0.25) is 0 Å². The van der Waals surface area contributed by atoms with Gasteiger partial charge in [0.2, 0.25) is 0 Å². The minimum Gasteiger partial charge on any atom is -0.382 e. The van der Waals surface area contributed by atoms with E-state index in [2.05, 4.69) is 36.2 Å². The van der Waals surface area contributed by atoms with Crippen LogP contribution in [0.4, 0.5) is 17.3 Å². The average Bonchev–Trinajstić information content (AvgIpc) is 2.31. The fraction of sp³-hybridized carbons (Fsp3) is 0. The number of halogens is 1. The first-order valence-electron chi connectivity index (χ1n) is 2.84. The zero-order chi connectivity index (χ0) is 7.84. The molecule has 11 heavy (non-hydrogen) atoms. The summed E-state index contributed by atoms with van der Waals surface area (Å²) in [5.74, 6) is 0.873. The number of rotatable bonds is 0. The molecule has 0 aliphatic carbocycles. The van der Waals surface area contributed by atoms with Gasteiger partial charge in [-0.2, -0.15) is 0 Å². The van der Waals surface area contributed by atoms with Gasteiger partial charge in [-0.25, -0.2) is 20.3 Å². The lowest BCUT2D eigenvalue weighted by Crippen LogP contribution is -2.00. The van der Waals surface area contributed by atoms with Gasteiger partial charge in [-0.05, 0) is 15.9 Å². The molecule has 0 saturated heterocycles. The number of nitrogens with two attached hydrogens (primary N) is 1. The standard InChI is InChI=1S/C5H3BrN5/c6-5-10-2-3(7)8-1-9-4(2)11-5/h1H,(H2,7,8,9). The maximum absolute atomic E-state index is 5.50. The average molecular weight is 213 g/mol.